The molecule has 2 amide bonds. The van der Waals surface area contributed by atoms with E-state index >= 15 is 0 Å². The van der Waals surface area contributed by atoms with Crippen LogP contribution in [0.15, 0.2) is 0 Å². The first-order valence-electron chi connectivity index (χ1n) is 6.31. The summed E-state index contributed by atoms with van der Waals surface area (Å²) in [7, 11) is 0. The second kappa shape index (κ2) is 7.14. The number of hydrogen-bond donors (Lipinski definition) is 3. The molecule has 0 saturated heterocycles. The average molecular weight is 242 g/mol. The Bertz CT molecular complexity index is 268. The van der Waals surface area contributed by atoms with Gasteiger partial charge in [0.05, 0.1) is 0 Å². The number of amides is 2. The number of urea groups is 1. The Hall–Kier alpha value is -1.26. The maximum Gasteiger partial charge on any atom is 0.323 e. The zero-order valence-electron chi connectivity index (χ0n) is 10.4. The predicted molar refractivity (Wildman–Crippen MR) is 64.8 cm³/mol. The lowest BCUT2D eigenvalue weighted by atomic mass is 9.81. The van der Waals surface area contributed by atoms with Gasteiger partial charge in [-0.3, -0.25) is 4.79 Å². The third-order valence-corrected chi connectivity index (χ3v) is 3.28. The van der Waals surface area contributed by atoms with Gasteiger partial charge >= 0.3 is 12.0 Å². The minimum absolute atomic E-state index is 0.327. The first kappa shape index (κ1) is 13.8. The highest BCUT2D eigenvalue weighted by atomic mass is 16.4. The highest BCUT2D eigenvalue weighted by Crippen LogP contribution is 2.30. The number of carboxylic acids is 1. The van der Waals surface area contributed by atoms with Gasteiger partial charge in [0, 0.05) is 6.54 Å². The normalized spacial score (nSPS) is 24.1. The molecule has 2 atom stereocenters. The van der Waals surface area contributed by atoms with Crippen molar-refractivity contribution < 1.29 is 14.7 Å². The summed E-state index contributed by atoms with van der Waals surface area (Å²) in [6.07, 6.45) is 6.10. The number of hydrogen-bond acceptors (Lipinski definition) is 2. The molecule has 0 spiro atoms. The van der Waals surface area contributed by atoms with Crippen LogP contribution in [0.5, 0.6) is 0 Å². The van der Waals surface area contributed by atoms with E-state index in [2.05, 4.69) is 17.6 Å². The highest BCUT2D eigenvalue weighted by molar-refractivity contribution is 5.79. The van der Waals surface area contributed by atoms with Crippen LogP contribution in [0.25, 0.3) is 0 Å². The van der Waals surface area contributed by atoms with E-state index in [0.717, 1.165) is 12.3 Å². The number of aliphatic carboxylic acids is 1. The molecule has 0 aromatic rings. The molecule has 0 radical (unpaired) electrons. The van der Waals surface area contributed by atoms with Gasteiger partial charge in [-0.15, -0.1) is 0 Å². The van der Waals surface area contributed by atoms with Crippen LogP contribution >= 0.6 is 0 Å². The third kappa shape index (κ3) is 6.14. The second-order valence-electron chi connectivity index (χ2n) is 4.93. The van der Waals surface area contributed by atoms with Crippen molar-refractivity contribution in [3.63, 3.8) is 0 Å². The van der Waals surface area contributed by atoms with E-state index in [1.807, 2.05) is 0 Å². The summed E-state index contributed by atoms with van der Waals surface area (Å²) >= 11 is 0. The van der Waals surface area contributed by atoms with E-state index < -0.39 is 12.0 Å². The lowest BCUT2D eigenvalue weighted by Crippen LogP contribution is -2.39. The molecular weight excluding hydrogens is 220 g/mol. The summed E-state index contributed by atoms with van der Waals surface area (Å²) in [5, 5.41) is 13.3. The number of nitrogens with one attached hydrogen (secondary N) is 2. The van der Waals surface area contributed by atoms with Crippen molar-refractivity contribution in [1.82, 2.24) is 10.6 Å². The fraction of sp³-hybridized carbons (Fsp3) is 0.833. The van der Waals surface area contributed by atoms with Crippen LogP contribution in [0, 0.1) is 11.8 Å². The van der Waals surface area contributed by atoms with Gasteiger partial charge in [-0.25, -0.2) is 4.79 Å². The largest absolute Gasteiger partial charge is 0.480 e. The van der Waals surface area contributed by atoms with E-state index in [4.69, 9.17) is 5.11 Å². The molecule has 0 bridgehead atoms. The van der Waals surface area contributed by atoms with Crippen molar-refractivity contribution in [2.75, 3.05) is 13.1 Å². The van der Waals surface area contributed by atoms with Crippen molar-refractivity contribution in [2.45, 2.75) is 39.0 Å². The van der Waals surface area contributed by atoms with E-state index in [9.17, 15) is 9.59 Å². The molecule has 1 fully saturated rings. The topological polar surface area (TPSA) is 78.4 Å². The molecule has 1 aliphatic rings. The van der Waals surface area contributed by atoms with Crippen LogP contribution in [-0.2, 0) is 4.79 Å². The summed E-state index contributed by atoms with van der Waals surface area (Å²) in [5.74, 6) is 0.481. The SMILES string of the molecule is CC1CCCC(CCNC(=O)NCC(=O)O)C1. The molecule has 1 aliphatic carbocycles. The summed E-state index contributed by atoms with van der Waals surface area (Å²) in [5.41, 5.74) is 0. The Morgan fingerprint density at radius 3 is 2.71 bits per heavy atom. The molecule has 5 heteroatoms. The lowest BCUT2D eigenvalue weighted by Gasteiger charge is -2.26. The maximum atomic E-state index is 11.2. The standard InChI is InChI=1S/C12H22N2O3/c1-9-3-2-4-10(7-9)5-6-13-12(17)14-8-11(15)16/h9-10H,2-8H2,1H3,(H,15,16)(H2,13,14,17). The Morgan fingerprint density at radius 1 is 1.29 bits per heavy atom. The minimum Gasteiger partial charge on any atom is -0.480 e. The Balaban J connectivity index is 2.06. The van der Waals surface area contributed by atoms with E-state index in [-0.39, 0.29) is 6.54 Å². The molecule has 0 aromatic heterocycles. The molecule has 1 rings (SSSR count). The number of rotatable bonds is 5. The smallest absolute Gasteiger partial charge is 0.323 e. The van der Waals surface area contributed by atoms with Crippen molar-refractivity contribution in [3.8, 4) is 0 Å². The number of carboxylic acid groups (broad SMARTS) is 1. The zero-order chi connectivity index (χ0) is 12.7. The van der Waals surface area contributed by atoms with Crippen LogP contribution in [0.1, 0.15) is 39.0 Å². The molecule has 3 N–H and O–H groups in total. The molecule has 0 aromatic carbocycles. The monoisotopic (exact) mass is 242 g/mol. The molecule has 98 valence electrons. The van der Waals surface area contributed by atoms with Gasteiger partial charge in [0.2, 0.25) is 0 Å². The van der Waals surface area contributed by atoms with Crippen molar-refractivity contribution in [3.05, 3.63) is 0 Å². The lowest BCUT2D eigenvalue weighted by molar-refractivity contribution is -0.135. The van der Waals surface area contributed by atoms with Crippen molar-refractivity contribution >= 4 is 12.0 Å². The predicted octanol–water partition coefficient (Wildman–Crippen LogP) is 1.59. The van der Waals surface area contributed by atoms with Crippen molar-refractivity contribution in [2.24, 2.45) is 11.8 Å². The van der Waals surface area contributed by atoms with Crippen LogP contribution in [0.2, 0.25) is 0 Å². The van der Waals surface area contributed by atoms with Gasteiger partial charge in [-0.05, 0) is 24.7 Å². The second-order valence-corrected chi connectivity index (χ2v) is 4.93. The Labute approximate surface area is 102 Å². The summed E-state index contributed by atoms with van der Waals surface area (Å²) in [4.78, 5) is 21.4. The van der Waals surface area contributed by atoms with E-state index in [1.165, 1.54) is 25.7 Å². The summed E-state index contributed by atoms with van der Waals surface area (Å²) in [6.45, 7) is 2.58. The highest BCUT2D eigenvalue weighted by Gasteiger charge is 2.18. The van der Waals surface area contributed by atoms with Gasteiger partial charge in [-0.1, -0.05) is 26.2 Å². The molecular formula is C12H22N2O3. The average Bonchev–Trinajstić information content (AvgIpc) is 2.26. The van der Waals surface area contributed by atoms with Crippen LogP contribution in [0.4, 0.5) is 4.79 Å². The summed E-state index contributed by atoms with van der Waals surface area (Å²) in [6, 6.07) is -0.392. The fourth-order valence-corrected chi connectivity index (χ4v) is 2.43. The van der Waals surface area contributed by atoms with Gasteiger partial charge in [0.15, 0.2) is 0 Å². The first-order chi connectivity index (χ1) is 8.08. The van der Waals surface area contributed by atoms with Crippen LogP contribution in [0.3, 0.4) is 0 Å². The van der Waals surface area contributed by atoms with Crippen LogP contribution < -0.4 is 10.6 Å². The van der Waals surface area contributed by atoms with Crippen molar-refractivity contribution in [1.29, 1.82) is 0 Å². The van der Waals surface area contributed by atoms with Gasteiger partial charge in [-0.2, -0.15) is 0 Å². The molecule has 5 nitrogen and oxygen atoms in total. The Kier molecular flexibility index (Phi) is 5.80. The molecule has 0 heterocycles. The third-order valence-electron chi connectivity index (χ3n) is 3.28. The molecule has 0 aliphatic heterocycles. The molecule has 17 heavy (non-hydrogen) atoms. The fourth-order valence-electron chi connectivity index (χ4n) is 2.43. The first-order valence-corrected chi connectivity index (χ1v) is 6.31. The Morgan fingerprint density at radius 2 is 2.06 bits per heavy atom. The van der Waals surface area contributed by atoms with E-state index in [1.54, 1.807) is 0 Å². The van der Waals surface area contributed by atoms with E-state index in [0.29, 0.717) is 12.5 Å². The summed E-state index contributed by atoms with van der Waals surface area (Å²) < 4.78 is 0. The zero-order valence-corrected chi connectivity index (χ0v) is 10.4. The quantitative estimate of drug-likeness (QED) is 0.685. The molecule has 1 saturated carbocycles. The number of carbonyl (C=O) groups excluding carboxylic acids is 1. The van der Waals surface area contributed by atoms with Gasteiger partial charge < -0.3 is 15.7 Å². The number of carbonyl (C=O) groups is 2. The molecule has 2 unspecified atom stereocenters. The maximum absolute atomic E-state index is 11.2. The van der Waals surface area contributed by atoms with Gasteiger partial charge in [0.25, 0.3) is 0 Å². The van der Waals surface area contributed by atoms with Gasteiger partial charge in [0.1, 0.15) is 6.54 Å². The van der Waals surface area contributed by atoms with Crippen LogP contribution in [-0.4, -0.2) is 30.2 Å². The minimum atomic E-state index is -1.03.